The molecule has 8 heteroatoms. The van der Waals surface area contributed by atoms with Crippen molar-refractivity contribution in [3.63, 3.8) is 0 Å². The van der Waals surface area contributed by atoms with E-state index in [1.54, 1.807) is 24.4 Å². The molecule has 0 aliphatic rings. The highest BCUT2D eigenvalue weighted by molar-refractivity contribution is 6.31. The van der Waals surface area contributed by atoms with Crippen LogP contribution >= 0.6 is 11.6 Å². The van der Waals surface area contributed by atoms with Gasteiger partial charge in [-0.05, 0) is 51.1 Å². The molecule has 0 bridgehead atoms. The fourth-order valence-corrected chi connectivity index (χ4v) is 2.71. The smallest absolute Gasteiger partial charge is 0.292 e. The quantitative estimate of drug-likeness (QED) is 0.714. The molecule has 27 heavy (non-hydrogen) atoms. The molecule has 0 fully saturated rings. The predicted molar refractivity (Wildman–Crippen MR) is 102 cm³/mol. The van der Waals surface area contributed by atoms with Gasteiger partial charge in [0, 0.05) is 17.4 Å². The molecule has 140 valence electrons. The number of carbonyl (C=O) groups is 2. The van der Waals surface area contributed by atoms with Gasteiger partial charge >= 0.3 is 0 Å². The number of aromatic nitrogens is 2. The minimum Gasteiger partial charge on any atom is -0.346 e. The van der Waals surface area contributed by atoms with E-state index >= 15 is 0 Å². The zero-order valence-corrected chi connectivity index (χ0v) is 15.8. The van der Waals surface area contributed by atoms with Crippen LogP contribution in [0.25, 0.3) is 5.52 Å². The maximum atomic E-state index is 13.3. The number of fused-ring (bicyclic) bond motifs is 1. The summed E-state index contributed by atoms with van der Waals surface area (Å²) in [6, 6.07) is 9.04. The first-order chi connectivity index (χ1) is 12.7. The van der Waals surface area contributed by atoms with Crippen LogP contribution < -0.4 is 10.6 Å². The summed E-state index contributed by atoms with van der Waals surface area (Å²) < 4.78 is 14.8. The van der Waals surface area contributed by atoms with Crippen molar-refractivity contribution in [3.05, 3.63) is 65.0 Å². The van der Waals surface area contributed by atoms with Gasteiger partial charge < -0.3 is 10.6 Å². The van der Waals surface area contributed by atoms with E-state index in [-0.39, 0.29) is 22.4 Å². The van der Waals surface area contributed by atoms with Crippen LogP contribution in [-0.2, 0) is 0 Å². The minimum absolute atomic E-state index is 0.0325. The molecule has 2 aromatic heterocycles. The third kappa shape index (κ3) is 4.09. The lowest BCUT2D eigenvalue weighted by molar-refractivity contribution is 0.0916. The molecule has 1 aromatic carbocycles. The molecule has 2 N–H and O–H groups in total. The van der Waals surface area contributed by atoms with Crippen LogP contribution in [0.3, 0.4) is 0 Å². The number of hydrogen-bond acceptors (Lipinski definition) is 3. The zero-order valence-electron chi connectivity index (χ0n) is 15.0. The monoisotopic (exact) mass is 388 g/mol. The van der Waals surface area contributed by atoms with Gasteiger partial charge in [0.15, 0.2) is 5.69 Å². The van der Waals surface area contributed by atoms with Gasteiger partial charge in [-0.1, -0.05) is 17.7 Å². The van der Waals surface area contributed by atoms with Gasteiger partial charge in [0.2, 0.25) is 5.82 Å². The maximum absolute atomic E-state index is 13.3. The molecule has 0 unspecified atom stereocenters. The van der Waals surface area contributed by atoms with Crippen LogP contribution in [-0.4, -0.2) is 26.7 Å². The fraction of sp³-hybridized carbons (Fsp3) is 0.211. The Kier molecular flexibility index (Phi) is 4.89. The number of nitrogens with one attached hydrogen (secondary N) is 2. The summed E-state index contributed by atoms with van der Waals surface area (Å²) in [5.74, 6) is -1.48. The number of anilines is 1. The minimum atomic E-state index is -0.581. The third-order valence-corrected chi connectivity index (χ3v) is 3.92. The first-order valence-electron chi connectivity index (χ1n) is 8.22. The Hall–Kier alpha value is -2.93. The van der Waals surface area contributed by atoms with Crippen molar-refractivity contribution < 1.29 is 14.0 Å². The van der Waals surface area contributed by atoms with Crippen LogP contribution in [0.1, 0.15) is 41.9 Å². The fourth-order valence-electron chi connectivity index (χ4n) is 2.53. The van der Waals surface area contributed by atoms with Crippen LogP contribution in [0.15, 0.2) is 42.6 Å². The first kappa shape index (κ1) is 18.8. The highest BCUT2D eigenvalue weighted by Crippen LogP contribution is 2.21. The molecule has 3 rings (SSSR count). The van der Waals surface area contributed by atoms with Crippen molar-refractivity contribution in [1.29, 1.82) is 0 Å². The van der Waals surface area contributed by atoms with Crippen LogP contribution in [0.4, 0.5) is 10.1 Å². The standard InChI is InChI=1S/C19H18ClFN4O2/c1-19(2,3)24-17(26)15-14-6-4-5-9-25(14)16(23-15)18(27)22-11-7-8-13(21)12(20)10-11/h4-10H,1-3H3,(H,22,27)(H,24,26). The molecule has 0 radical (unpaired) electrons. The Labute approximate surface area is 160 Å². The molecule has 0 saturated heterocycles. The molecule has 6 nitrogen and oxygen atoms in total. The zero-order chi connectivity index (χ0) is 19.8. The molecule has 0 atom stereocenters. The van der Waals surface area contributed by atoms with E-state index in [0.29, 0.717) is 11.2 Å². The number of rotatable bonds is 3. The number of pyridine rings is 1. The van der Waals surface area contributed by atoms with E-state index in [2.05, 4.69) is 15.6 Å². The second-order valence-corrected chi connectivity index (χ2v) is 7.43. The Balaban J connectivity index is 1.98. The second kappa shape index (κ2) is 7.00. The lowest BCUT2D eigenvalue weighted by atomic mass is 10.1. The normalized spacial score (nSPS) is 11.4. The summed E-state index contributed by atoms with van der Waals surface area (Å²) in [6.45, 7) is 5.57. The highest BCUT2D eigenvalue weighted by Gasteiger charge is 2.24. The van der Waals surface area contributed by atoms with Gasteiger partial charge in [-0.25, -0.2) is 9.37 Å². The van der Waals surface area contributed by atoms with Crippen molar-refractivity contribution in [2.24, 2.45) is 0 Å². The van der Waals surface area contributed by atoms with Gasteiger partial charge in [-0.3, -0.25) is 14.0 Å². The van der Waals surface area contributed by atoms with E-state index in [9.17, 15) is 14.0 Å². The van der Waals surface area contributed by atoms with Crippen LogP contribution in [0.5, 0.6) is 0 Å². The number of benzene rings is 1. The number of halogens is 2. The summed E-state index contributed by atoms with van der Waals surface area (Å²) >= 11 is 5.75. The predicted octanol–water partition coefficient (Wildman–Crippen LogP) is 3.91. The molecule has 0 saturated carbocycles. The van der Waals surface area contributed by atoms with Crippen molar-refractivity contribution >= 4 is 34.6 Å². The average molecular weight is 389 g/mol. The largest absolute Gasteiger partial charge is 0.346 e. The van der Waals surface area contributed by atoms with E-state index < -0.39 is 17.3 Å². The number of imidazole rings is 1. The highest BCUT2D eigenvalue weighted by atomic mass is 35.5. The van der Waals surface area contributed by atoms with Gasteiger partial charge in [-0.15, -0.1) is 0 Å². The van der Waals surface area contributed by atoms with Gasteiger partial charge in [0.1, 0.15) is 5.82 Å². The molecule has 0 aliphatic heterocycles. The van der Waals surface area contributed by atoms with Crippen molar-refractivity contribution in [2.75, 3.05) is 5.32 Å². The summed E-state index contributed by atoms with van der Waals surface area (Å²) in [5, 5.41) is 5.35. The molecule has 2 amide bonds. The van der Waals surface area contributed by atoms with E-state index in [1.165, 1.54) is 16.5 Å². The summed E-state index contributed by atoms with van der Waals surface area (Å²) in [5.41, 5.74) is 0.517. The number of nitrogens with zero attached hydrogens (tertiary/aromatic N) is 2. The van der Waals surface area contributed by atoms with Crippen molar-refractivity contribution in [2.45, 2.75) is 26.3 Å². The number of carbonyl (C=O) groups excluding carboxylic acids is 2. The average Bonchev–Trinajstić information content (AvgIpc) is 2.97. The lowest BCUT2D eigenvalue weighted by Crippen LogP contribution is -2.40. The Bertz CT molecular complexity index is 1040. The van der Waals surface area contributed by atoms with Crippen LogP contribution in [0, 0.1) is 5.82 Å². The topological polar surface area (TPSA) is 75.5 Å². The molecule has 2 heterocycles. The number of hydrogen-bond donors (Lipinski definition) is 2. The van der Waals surface area contributed by atoms with Crippen molar-refractivity contribution in [1.82, 2.24) is 14.7 Å². The maximum Gasteiger partial charge on any atom is 0.292 e. The van der Waals surface area contributed by atoms with Gasteiger partial charge in [0.05, 0.1) is 10.5 Å². The second-order valence-electron chi connectivity index (χ2n) is 7.03. The molecular weight excluding hydrogens is 371 g/mol. The summed E-state index contributed by atoms with van der Waals surface area (Å²) in [7, 11) is 0. The molecule has 0 aliphatic carbocycles. The third-order valence-electron chi connectivity index (χ3n) is 3.63. The summed E-state index contributed by atoms with van der Waals surface area (Å²) in [6.07, 6.45) is 1.64. The van der Waals surface area contributed by atoms with E-state index in [1.807, 2.05) is 20.8 Å². The summed E-state index contributed by atoms with van der Waals surface area (Å²) in [4.78, 5) is 29.5. The van der Waals surface area contributed by atoms with Crippen LogP contribution in [0.2, 0.25) is 5.02 Å². The Morgan fingerprint density at radius 3 is 2.56 bits per heavy atom. The van der Waals surface area contributed by atoms with Crippen molar-refractivity contribution in [3.8, 4) is 0 Å². The molecule has 0 spiro atoms. The lowest BCUT2D eigenvalue weighted by Gasteiger charge is -2.19. The molecule has 3 aromatic rings. The SMILES string of the molecule is CC(C)(C)NC(=O)c1nc(C(=O)Nc2ccc(F)c(Cl)c2)n2ccccc12. The van der Waals surface area contributed by atoms with E-state index in [4.69, 9.17) is 11.6 Å². The Morgan fingerprint density at radius 2 is 1.89 bits per heavy atom. The number of amides is 2. The van der Waals surface area contributed by atoms with E-state index in [0.717, 1.165) is 6.07 Å². The molecular formula is C19H18ClFN4O2. The first-order valence-corrected chi connectivity index (χ1v) is 8.59. The Morgan fingerprint density at radius 1 is 1.15 bits per heavy atom. The van der Waals surface area contributed by atoms with Gasteiger partial charge in [-0.2, -0.15) is 0 Å². The van der Waals surface area contributed by atoms with Gasteiger partial charge in [0.25, 0.3) is 11.8 Å².